The van der Waals surface area contributed by atoms with Crippen molar-refractivity contribution in [1.29, 1.82) is 0 Å². The van der Waals surface area contributed by atoms with E-state index >= 15 is 0 Å². The first-order chi connectivity index (χ1) is 9.17. The molecule has 0 aliphatic carbocycles. The van der Waals surface area contributed by atoms with Gasteiger partial charge in [0, 0.05) is 25.6 Å². The van der Waals surface area contributed by atoms with E-state index in [0.29, 0.717) is 18.8 Å². The minimum atomic E-state index is -0.0736. The third-order valence-corrected chi connectivity index (χ3v) is 3.65. The highest BCUT2D eigenvalue weighted by Gasteiger charge is 2.31. The number of aliphatic hydroxyl groups is 1. The maximum absolute atomic E-state index is 12.1. The Labute approximate surface area is 113 Å². The Kier molecular flexibility index (Phi) is 4.61. The summed E-state index contributed by atoms with van der Waals surface area (Å²) in [5.41, 5.74) is 0. The molecule has 0 radical (unpaired) electrons. The molecule has 1 amide bonds. The molecule has 1 aromatic rings. The van der Waals surface area contributed by atoms with Crippen LogP contribution in [0, 0.1) is 5.92 Å². The number of amides is 1. The monoisotopic (exact) mass is 266 g/mol. The molecule has 0 bridgehead atoms. The van der Waals surface area contributed by atoms with Crippen LogP contribution >= 0.6 is 0 Å². The van der Waals surface area contributed by atoms with Gasteiger partial charge in [-0.25, -0.2) is 0 Å². The van der Waals surface area contributed by atoms with E-state index in [-0.39, 0.29) is 18.4 Å². The molecule has 106 valence electrons. The minimum absolute atomic E-state index is 0.0736. The zero-order chi connectivity index (χ0) is 13.8. The lowest BCUT2D eigenvalue weighted by Crippen LogP contribution is -2.51. The molecule has 0 aromatic carbocycles. The van der Waals surface area contributed by atoms with Gasteiger partial charge in [0.05, 0.1) is 6.54 Å². The molecule has 1 aliphatic heterocycles. The summed E-state index contributed by atoms with van der Waals surface area (Å²) in [5.74, 6) is 1.38. The first kappa shape index (κ1) is 14.1. The Morgan fingerprint density at radius 3 is 2.68 bits per heavy atom. The van der Waals surface area contributed by atoms with Crippen LogP contribution in [0.5, 0.6) is 0 Å². The quantitative estimate of drug-likeness (QED) is 0.840. The molecule has 2 heterocycles. The Morgan fingerprint density at radius 1 is 1.42 bits per heavy atom. The number of hydrogen-bond donors (Lipinski definition) is 1. The average molecular weight is 266 g/mol. The summed E-state index contributed by atoms with van der Waals surface area (Å²) in [6.07, 6.45) is 0. The van der Waals surface area contributed by atoms with Crippen molar-refractivity contribution in [3.05, 3.63) is 23.7 Å². The summed E-state index contributed by atoms with van der Waals surface area (Å²) < 4.78 is 5.61. The Bertz CT molecular complexity index is 420. The maximum atomic E-state index is 12.1. The molecule has 1 aromatic heterocycles. The lowest BCUT2D eigenvalue weighted by atomic mass is 10.0. The van der Waals surface area contributed by atoms with Crippen molar-refractivity contribution >= 4 is 5.91 Å². The Hall–Kier alpha value is -1.33. The van der Waals surface area contributed by atoms with E-state index in [1.807, 2.05) is 6.07 Å². The molecule has 0 spiro atoms. The fourth-order valence-electron chi connectivity index (χ4n) is 2.25. The topological polar surface area (TPSA) is 56.9 Å². The first-order valence-corrected chi connectivity index (χ1v) is 6.89. The number of hydrogen-bond acceptors (Lipinski definition) is 4. The van der Waals surface area contributed by atoms with Gasteiger partial charge in [0.2, 0.25) is 0 Å². The van der Waals surface area contributed by atoms with Crippen LogP contribution in [-0.4, -0.2) is 53.6 Å². The molecule has 1 fully saturated rings. The number of furan rings is 1. The van der Waals surface area contributed by atoms with Crippen molar-refractivity contribution in [3.63, 3.8) is 0 Å². The summed E-state index contributed by atoms with van der Waals surface area (Å²) >= 11 is 0. The second kappa shape index (κ2) is 6.21. The molecule has 19 heavy (non-hydrogen) atoms. The van der Waals surface area contributed by atoms with Gasteiger partial charge in [-0.15, -0.1) is 0 Å². The molecule has 5 heteroatoms. The number of rotatable bonds is 6. The molecule has 1 aliphatic rings. The second-order valence-electron chi connectivity index (χ2n) is 4.99. The third kappa shape index (κ3) is 3.16. The van der Waals surface area contributed by atoms with Gasteiger partial charge in [-0.2, -0.15) is 0 Å². The molecular weight excluding hydrogens is 244 g/mol. The van der Waals surface area contributed by atoms with Crippen LogP contribution in [0.25, 0.3) is 0 Å². The van der Waals surface area contributed by atoms with Gasteiger partial charge in [-0.1, -0.05) is 13.8 Å². The Balaban J connectivity index is 1.92. The normalized spacial score (nSPS) is 15.9. The fraction of sp³-hybridized carbons (Fsp3) is 0.643. The van der Waals surface area contributed by atoms with Crippen LogP contribution in [0.3, 0.4) is 0 Å². The molecule has 0 atom stereocenters. The van der Waals surface area contributed by atoms with Crippen molar-refractivity contribution in [2.75, 3.05) is 32.8 Å². The van der Waals surface area contributed by atoms with Gasteiger partial charge < -0.3 is 14.4 Å². The summed E-state index contributed by atoms with van der Waals surface area (Å²) in [6.45, 7) is 8.27. The van der Waals surface area contributed by atoms with Crippen LogP contribution in [0.4, 0.5) is 0 Å². The van der Waals surface area contributed by atoms with Crippen LogP contribution in [0.2, 0.25) is 0 Å². The standard InChI is InChI=1S/C14H22N2O3/c1-3-15(4-2)9-12-5-6-13(19-12)14(18)16-7-11(8-16)10-17/h5-6,11,17H,3-4,7-10H2,1-2H3. The van der Waals surface area contributed by atoms with Crippen LogP contribution < -0.4 is 0 Å². The van der Waals surface area contributed by atoms with Crippen molar-refractivity contribution in [2.45, 2.75) is 20.4 Å². The highest BCUT2D eigenvalue weighted by Crippen LogP contribution is 2.20. The smallest absolute Gasteiger partial charge is 0.289 e. The molecule has 0 unspecified atom stereocenters. The number of likely N-dealkylation sites (tertiary alicyclic amines) is 1. The highest BCUT2D eigenvalue weighted by atomic mass is 16.4. The summed E-state index contributed by atoms with van der Waals surface area (Å²) in [6, 6.07) is 3.61. The predicted octanol–water partition coefficient (Wildman–Crippen LogP) is 1.19. The first-order valence-electron chi connectivity index (χ1n) is 6.89. The average Bonchev–Trinajstić information content (AvgIpc) is 2.83. The van der Waals surface area contributed by atoms with E-state index in [1.54, 1.807) is 11.0 Å². The largest absolute Gasteiger partial charge is 0.455 e. The number of carbonyl (C=O) groups is 1. The molecule has 0 saturated carbocycles. The van der Waals surface area contributed by atoms with Crippen molar-refractivity contribution in [2.24, 2.45) is 5.92 Å². The van der Waals surface area contributed by atoms with E-state index < -0.39 is 0 Å². The third-order valence-electron chi connectivity index (χ3n) is 3.65. The molecule has 1 saturated heterocycles. The zero-order valence-corrected chi connectivity index (χ0v) is 11.6. The van der Waals surface area contributed by atoms with E-state index in [0.717, 1.165) is 25.4 Å². The SMILES string of the molecule is CCN(CC)Cc1ccc(C(=O)N2CC(CO)C2)o1. The Morgan fingerprint density at radius 2 is 2.11 bits per heavy atom. The van der Waals surface area contributed by atoms with Gasteiger partial charge in [0.15, 0.2) is 5.76 Å². The van der Waals surface area contributed by atoms with E-state index in [4.69, 9.17) is 9.52 Å². The van der Waals surface area contributed by atoms with Gasteiger partial charge in [-0.05, 0) is 25.2 Å². The number of carbonyl (C=O) groups excluding carboxylic acids is 1. The lowest BCUT2D eigenvalue weighted by Gasteiger charge is -2.37. The summed E-state index contributed by atoms with van der Waals surface area (Å²) in [4.78, 5) is 16.0. The van der Waals surface area contributed by atoms with Crippen molar-refractivity contribution in [3.8, 4) is 0 Å². The molecule has 2 rings (SSSR count). The summed E-state index contributed by atoms with van der Waals surface area (Å²) in [5, 5.41) is 8.95. The van der Waals surface area contributed by atoms with Gasteiger partial charge in [-0.3, -0.25) is 9.69 Å². The minimum Gasteiger partial charge on any atom is -0.455 e. The van der Waals surface area contributed by atoms with Crippen molar-refractivity contribution in [1.82, 2.24) is 9.80 Å². The van der Waals surface area contributed by atoms with E-state index in [9.17, 15) is 4.79 Å². The summed E-state index contributed by atoms with van der Waals surface area (Å²) in [7, 11) is 0. The number of aliphatic hydroxyl groups excluding tert-OH is 1. The fourth-order valence-corrected chi connectivity index (χ4v) is 2.25. The maximum Gasteiger partial charge on any atom is 0.289 e. The molecule has 5 nitrogen and oxygen atoms in total. The molecule has 1 N–H and O–H groups in total. The van der Waals surface area contributed by atoms with Crippen LogP contribution in [0.1, 0.15) is 30.2 Å². The molecular formula is C14H22N2O3. The van der Waals surface area contributed by atoms with E-state index in [1.165, 1.54) is 0 Å². The van der Waals surface area contributed by atoms with Crippen LogP contribution in [-0.2, 0) is 6.54 Å². The highest BCUT2D eigenvalue weighted by molar-refractivity contribution is 5.92. The van der Waals surface area contributed by atoms with Gasteiger partial charge in [0.25, 0.3) is 5.91 Å². The number of nitrogens with zero attached hydrogens (tertiary/aromatic N) is 2. The lowest BCUT2D eigenvalue weighted by molar-refractivity contribution is 0.0331. The van der Waals surface area contributed by atoms with Crippen LogP contribution in [0.15, 0.2) is 16.5 Å². The van der Waals surface area contributed by atoms with Gasteiger partial charge >= 0.3 is 0 Å². The van der Waals surface area contributed by atoms with Gasteiger partial charge in [0.1, 0.15) is 5.76 Å². The van der Waals surface area contributed by atoms with Crippen molar-refractivity contribution < 1.29 is 14.3 Å². The predicted molar refractivity (Wildman–Crippen MR) is 71.8 cm³/mol. The zero-order valence-electron chi connectivity index (χ0n) is 11.6. The van der Waals surface area contributed by atoms with E-state index in [2.05, 4.69) is 18.7 Å². The second-order valence-corrected chi connectivity index (χ2v) is 4.99.